The minimum absolute atomic E-state index is 0.00510. The fourth-order valence-corrected chi connectivity index (χ4v) is 8.65. The molecule has 4 fully saturated rings. The fraction of sp³-hybridized carbons (Fsp3) is 0.444. The molecule has 10 heteroatoms. The summed E-state index contributed by atoms with van der Waals surface area (Å²) < 4.78 is 52.5. The number of alkyl halides is 1. The highest BCUT2D eigenvalue weighted by Gasteiger charge is 2.49. The Hall–Kier alpha value is -4.07. The van der Waals surface area contributed by atoms with Gasteiger partial charge in [0.2, 0.25) is 0 Å². The van der Waals surface area contributed by atoms with Crippen molar-refractivity contribution in [1.29, 1.82) is 0 Å². The molecule has 1 aliphatic carbocycles. The smallest absolute Gasteiger partial charge is 0.319 e. The van der Waals surface area contributed by atoms with E-state index in [9.17, 15) is 19.0 Å². The van der Waals surface area contributed by atoms with Gasteiger partial charge >= 0.3 is 6.01 Å². The van der Waals surface area contributed by atoms with Crippen LogP contribution in [0.2, 0.25) is 0 Å². The van der Waals surface area contributed by atoms with Crippen LogP contribution in [0.1, 0.15) is 44.1 Å². The number of hydrogen-bond acceptors (Lipinski definition) is 7. The molecule has 3 aromatic carbocycles. The summed E-state index contributed by atoms with van der Waals surface area (Å²) in [5.41, 5.74) is -0.129. The molecule has 0 spiro atoms. The Kier molecular flexibility index (Phi) is 7.03. The molecule has 4 unspecified atom stereocenters. The molecule has 8 rings (SSSR count). The van der Waals surface area contributed by atoms with Crippen LogP contribution in [0.5, 0.6) is 11.8 Å². The number of terminal acetylenes is 1. The molecule has 4 atom stereocenters. The quantitative estimate of drug-likeness (QED) is 0.264. The topological polar surface area (TPSA) is 82.0 Å². The fourth-order valence-electron chi connectivity index (χ4n) is 8.65. The average molecular weight is 629 g/mol. The molecule has 238 valence electrons. The first kappa shape index (κ1) is 29.3. The first-order valence-corrected chi connectivity index (χ1v) is 16.1. The van der Waals surface area contributed by atoms with Gasteiger partial charge in [0.25, 0.3) is 0 Å². The Morgan fingerprint density at radius 2 is 1.83 bits per heavy atom. The summed E-state index contributed by atoms with van der Waals surface area (Å²) in [4.78, 5) is 13.7. The number of ether oxygens (including phenoxy) is 1. The van der Waals surface area contributed by atoms with E-state index in [-0.39, 0.29) is 58.5 Å². The molecule has 2 N–H and O–H groups in total. The number of piperidine rings is 1. The van der Waals surface area contributed by atoms with Crippen LogP contribution in [-0.2, 0) is 0 Å². The van der Waals surface area contributed by atoms with Crippen molar-refractivity contribution >= 4 is 27.5 Å². The van der Waals surface area contributed by atoms with Crippen LogP contribution >= 0.6 is 0 Å². The third kappa shape index (κ3) is 4.66. The van der Waals surface area contributed by atoms with Crippen molar-refractivity contribution in [3.05, 3.63) is 53.6 Å². The standard InChI is InChI=1S/C36H35F3N4O3/c1-2-25-29(38)10-7-20-13-24(44)14-28(30(20)25)26-8-9-27-32(31(26)39)40-35(46-19-36-11-4-12-43(36)18-23(37)15-36)41-34(27)42-16-21-5-3-6-22(17-42)33(21)45/h1,7-10,13-14,21-23,33,44-45H,3-6,11-12,15-19H2. The molecule has 3 aliphatic heterocycles. The van der Waals surface area contributed by atoms with Gasteiger partial charge in [0, 0.05) is 54.2 Å². The third-order valence-corrected chi connectivity index (χ3v) is 10.8. The molecular weight excluding hydrogens is 593 g/mol. The number of rotatable bonds is 5. The maximum Gasteiger partial charge on any atom is 0.319 e. The van der Waals surface area contributed by atoms with Crippen molar-refractivity contribution < 1.29 is 28.1 Å². The van der Waals surface area contributed by atoms with Gasteiger partial charge in [-0.15, -0.1) is 6.42 Å². The van der Waals surface area contributed by atoms with E-state index < -0.39 is 23.3 Å². The van der Waals surface area contributed by atoms with E-state index in [1.807, 2.05) is 0 Å². The van der Waals surface area contributed by atoms with Gasteiger partial charge < -0.3 is 19.8 Å². The lowest BCUT2D eigenvalue weighted by Gasteiger charge is -2.45. The van der Waals surface area contributed by atoms with E-state index in [1.165, 1.54) is 24.3 Å². The van der Waals surface area contributed by atoms with Gasteiger partial charge in [-0.25, -0.2) is 13.2 Å². The van der Waals surface area contributed by atoms with Gasteiger partial charge in [-0.2, -0.15) is 9.97 Å². The Labute approximate surface area is 265 Å². The molecule has 1 saturated carbocycles. The number of halogens is 3. The van der Waals surface area contributed by atoms with Crippen molar-refractivity contribution in [2.24, 2.45) is 11.8 Å². The lowest BCUT2D eigenvalue weighted by Crippen LogP contribution is -2.51. The number of aliphatic hydroxyl groups is 1. The van der Waals surface area contributed by atoms with Gasteiger partial charge in [-0.05, 0) is 67.4 Å². The zero-order chi connectivity index (χ0) is 31.7. The molecule has 2 bridgehead atoms. The molecule has 4 aromatic rings. The maximum absolute atomic E-state index is 16.9. The largest absolute Gasteiger partial charge is 0.508 e. The van der Waals surface area contributed by atoms with Crippen LogP contribution in [-0.4, -0.2) is 75.7 Å². The summed E-state index contributed by atoms with van der Waals surface area (Å²) in [6.45, 7) is 2.50. The van der Waals surface area contributed by atoms with Gasteiger partial charge in [0.15, 0.2) is 5.82 Å². The highest BCUT2D eigenvalue weighted by atomic mass is 19.1. The second-order valence-electron chi connectivity index (χ2n) is 13.5. The highest BCUT2D eigenvalue weighted by molar-refractivity contribution is 6.04. The molecule has 0 radical (unpaired) electrons. The van der Waals surface area contributed by atoms with Crippen molar-refractivity contribution in [3.63, 3.8) is 0 Å². The summed E-state index contributed by atoms with van der Waals surface area (Å²) in [6, 6.07) is 8.88. The summed E-state index contributed by atoms with van der Waals surface area (Å²) >= 11 is 0. The van der Waals surface area contributed by atoms with E-state index in [0.29, 0.717) is 48.0 Å². The Morgan fingerprint density at radius 1 is 1.02 bits per heavy atom. The molecule has 4 heterocycles. The minimum Gasteiger partial charge on any atom is -0.508 e. The second kappa shape index (κ2) is 11.0. The second-order valence-corrected chi connectivity index (χ2v) is 13.5. The van der Waals surface area contributed by atoms with E-state index >= 15 is 4.39 Å². The SMILES string of the molecule is C#Cc1c(F)ccc2cc(O)cc(-c3ccc4c(N5CC6CCCC(C5)C6O)nc(OCC56CCCN5CC(F)C6)nc4c3F)c12. The summed E-state index contributed by atoms with van der Waals surface area (Å²) in [6.07, 6.45) is 9.38. The predicted molar refractivity (Wildman–Crippen MR) is 170 cm³/mol. The Morgan fingerprint density at radius 3 is 2.61 bits per heavy atom. The first-order chi connectivity index (χ1) is 22.2. The van der Waals surface area contributed by atoms with Gasteiger partial charge in [-0.3, -0.25) is 4.90 Å². The third-order valence-electron chi connectivity index (χ3n) is 10.8. The number of fused-ring (bicyclic) bond motifs is 5. The van der Waals surface area contributed by atoms with Crippen LogP contribution < -0.4 is 9.64 Å². The maximum atomic E-state index is 16.9. The van der Waals surface area contributed by atoms with Crippen molar-refractivity contribution in [2.45, 2.75) is 56.3 Å². The number of nitrogens with zero attached hydrogens (tertiary/aromatic N) is 4. The number of aliphatic hydroxyl groups excluding tert-OH is 1. The number of phenolic OH excluding ortho intramolecular Hbond substituents is 1. The average Bonchev–Trinajstić information content (AvgIpc) is 3.55. The Balaban J connectivity index is 1.27. The summed E-state index contributed by atoms with van der Waals surface area (Å²) in [7, 11) is 0. The number of aromatic hydroxyl groups is 1. The van der Waals surface area contributed by atoms with Gasteiger partial charge in [0.1, 0.15) is 35.7 Å². The monoisotopic (exact) mass is 628 g/mol. The van der Waals surface area contributed by atoms with E-state index in [0.717, 1.165) is 38.6 Å². The molecule has 3 saturated heterocycles. The molecular formula is C36H35F3N4O3. The Bertz CT molecular complexity index is 1900. The number of aromatic nitrogens is 2. The predicted octanol–water partition coefficient (Wildman–Crippen LogP) is 5.97. The summed E-state index contributed by atoms with van der Waals surface area (Å²) in [5.74, 6) is 1.63. The van der Waals surface area contributed by atoms with Gasteiger partial charge in [0.05, 0.1) is 17.2 Å². The number of benzene rings is 3. The number of anilines is 1. The molecule has 46 heavy (non-hydrogen) atoms. The first-order valence-electron chi connectivity index (χ1n) is 16.1. The zero-order valence-corrected chi connectivity index (χ0v) is 25.4. The van der Waals surface area contributed by atoms with E-state index in [2.05, 4.69) is 20.7 Å². The van der Waals surface area contributed by atoms with E-state index in [4.69, 9.17) is 16.1 Å². The molecule has 4 aliphatic rings. The van der Waals surface area contributed by atoms with E-state index in [1.54, 1.807) is 12.1 Å². The molecule has 0 amide bonds. The van der Waals surface area contributed by atoms with Crippen LogP contribution in [0.4, 0.5) is 19.0 Å². The summed E-state index contributed by atoms with van der Waals surface area (Å²) in [5, 5.41) is 22.7. The normalized spacial score (nSPS) is 27.7. The van der Waals surface area contributed by atoms with Crippen LogP contribution in [0.3, 0.4) is 0 Å². The van der Waals surface area contributed by atoms with Crippen LogP contribution in [0.25, 0.3) is 32.8 Å². The number of phenols is 1. The molecule has 7 nitrogen and oxygen atoms in total. The number of hydrogen-bond donors (Lipinski definition) is 2. The lowest BCUT2D eigenvalue weighted by atomic mass is 9.75. The molecule has 1 aromatic heterocycles. The van der Waals surface area contributed by atoms with Crippen molar-refractivity contribution in [3.8, 4) is 35.2 Å². The van der Waals surface area contributed by atoms with Crippen molar-refractivity contribution in [2.75, 3.05) is 37.7 Å². The zero-order valence-electron chi connectivity index (χ0n) is 25.4. The van der Waals surface area contributed by atoms with Crippen LogP contribution in [0, 0.1) is 35.8 Å². The van der Waals surface area contributed by atoms with Crippen LogP contribution in [0.15, 0.2) is 36.4 Å². The van der Waals surface area contributed by atoms with Crippen molar-refractivity contribution in [1.82, 2.24) is 14.9 Å². The lowest BCUT2D eigenvalue weighted by molar-refractivity contribution is 0.00582. The van der Waals surface area contributed by atoms with Gasteiger partial charge in [-0.1, -0.05) is 24.5 Å². The minimum atomic E-state index is -0.925. The highest BCUT2D eigenvalue weighted by Crippen LogP contribution is 2.43.